The fraction of sp³-hybridized carbons (Fsp3) is 0.867. The highest BCUT2D eigenvalue weighted by atomic mass is 16.6. The number of rotatable bonds is 6. The Bertz CT molecular complexity index is 303. The molecule has 0 aromatic heterocycles. The van der Waals surface area contributed by atoms with E-state index in [-0.39, 0.29) is 17.8 Å². The fourth-order valence-electron chi connectivity index (χ4n) is 1.68. The van der Waals surface area contributed by atoms with E-state index in [1.165, 1.54) is 0 Å². The van der Waals surface area contributed by atoms with Gasteiger partial charge in [0, 0.05) is 6.42 Å². The van der Waals surface area contributed by atoms with E-state index in [0.29, 0.717) is 18.8 Å². The topological polar surface area (TPSA) is 55.4 Å². The average Bonchev–Trinajstić information content (AvgIpc) is 2.11. The SMILES string of the molecule is CC(C)CC(=O)N[C@@H](CC(C)C)C(=O)OC(C)(C)C. The zero-order chi connectivity index (χ0) is 15.2. The van der Waals surface area contributed by atoms with Gasteiger partial charge in [-0.1, -0.05) is 27.7 Å². The molecule has 1 atom stereocenters. The summed E-state index contributed by atoms with van der Waals surface area (Å²) >= 11 is 0. The smallest absolute Gasteiger partial charge is 0.329 e. The van der Waals surface area contributed by atoms with Crippen molar-refractivity contribution < 1.29 is 14.3 Å². The molecule has 19 heavy (non-hydrogen) atoms. The molecule has 0 radical (unpaired) electrons. The van der Waals surface area contributed by atoms with E-state index in [4.69, 9.17) is 4.74 Å². The number of hydrogen-bond acceptors (Lipinski definition) is 3. The third-order valence-electron chi connectivity index (χ3n) is 2.33. The van der Waals surface area contributed by atoms with Crippen LogP contribution in [-0.2, 0) is 14.3 Å². The predicted molar refractivity (Wildman–Crippen MR) is 76.7 cm³/mol. The van der Waals surface area contributed by atoms with E-state index < -0.39 is 11.6 Å². The first-order chi connectivity index (χ1) is 8.51. The van der Waals surface area contributed by atoms with Crippen LogP contribution in [0.4, 0.5) is 0 Å². The largest absolute Gasteiger partial charge is 0.458 e. The van der Waals surface area contributed by atoms with Gasteiger partial charge in [0.25, 0.3) is 0 Å². The van der Waals surface area contributed by atoms with Crippen molar-refractivity contribution in [2.45, 2.75) is 73.0 Å². The van der Waals surface area contributed by atoms with Gasteiger partial charge in [0.15, 0.2) is 0 Å². The molecule has 0 rings (SSSR count). The molecule has 1 amide bonds. The molecule has 0 aliphatic rings. The molecule has 0 unspecified atom stereocenters. The van der Waals surface area contributed by atoms with E-state index in [0.717, 1.165) is 0 Å². The van der Waals surface area contributed by atoms with Gasteiger partial charge in [0.2, 0.25) is 5.91 Å². The monoisotopic (exact) mass is 271 g/mol. The molecule has 0 bridgehead atoms. The first-order valence-electron chi connectivity index (χ1n) is 7.03. The van der Waals surface area contributed by atoms with E-state index in [2.05, 4.69) is 5.32 Å². The summed E-state index contributed by atoms with van der Waals surface area (Å²) < 4.78 is 5.35. The van der Waals surface area contributed by atoms with Crippen molar-refractivity contribution in [3.63, 3.8) is 0 Å². The van der Waals surface area contributed by atoms with Gasteiger partial charge in [-0.2, -0.15) is 0 Å². The van der Waals surface area contributed by atoms with Crippen LogP contribution in [0.15, 0.2) is 0 Å². The quantitative estimate of drug-likeness (QED) is 0.756. The molecule has 0 saturated carbocycles. The summed E-state index contributed by atoms with van der Waals surface area (Å²) in [6.07, 6.45) is 1.02. The summed E-state index contributed by atoms with van der Waals surface area (Å²) in [5.74, 6) is 0.153. The molecule has 0 aliphatic heterocycles. The van der Waals surface area contributed by atoms with Crippen molar-refractivity contribution in [2.24, 2.45) is 11.8 Å². The minimum absolute atomic E-state index is 0.0912. The minimum atomic E-state index is -0.550. The lowest BCUT2D eigenvalue weighted by Crippen LogP contribution is -2.45. The molecule has 0 heterocycles. The second kappa shape index (κ2) is 7.51. The Morgan fingerprint density at radius 1 is 1.05 bits per heavy atom. The Kier molecular flexibility index (Phi) is 7.09. The van der Waals surface area contributed by atoms with Crippen LogP contribution in [0.1, 0.15) is 61.3 Å². The second-order valence-corrected chi connectivity index (χ2v) is 6.88. The van der Waals surface area contributed by atoms with Crippen LogP contribution in [-0.4, -0.2) is 23.5 Å². The normalized spacial score (nSPS) is 13.5. The first-order valence-corrected chi connectivity index (χ1v) is 7.03. The molecule has 0 aromatic carbocycles. The lowest BCUT2D eigenvalue weighted by Gasteiger charge is -2.25. The Balaban J connectivity index is 4.63. The summed E-state index contributed by atoms with van der Waals surface area (Å²) in [6, 6.07) is -0.550. The van der Waals surface area contributed by atoms with Crippen LogP contribution in [0.25, 0.3) is 0 Å². The molecule has 0 aromatic rings. The molecule has 4 heteroatoms. The van der Waals surface area contributed by atoms with Gasteiger partial charge in [-0.3, -0.25) is 4.79 Å². The number of carbonyl (C=O) groups excluding carboxylic acids is 2. The van der Waals surface area contributed by atoms with E-state index in [1.54, 1.807) is 0 Å². The Labute approximate surface area is 117 Å². The molecule has 0 aliphatic carbocycles. The molecule has 0 fully saturated rings. The third-order valence-corrected chi connectivity index (χ3v) is 2.33. The number of amides is 1. The molecular weight excluding hydrogens is 242 g/mol. The zero-order valence-electron chi connectivity index (χ0n) is 13.4. The molecule has 112 valence electrons. The molecule has 4 nitrogen and oxygen atoms in total. The standard InChI is InChI=1S/C15H29NO3/c1-10(2)8-12(14(18)19-15(5,6)7)16-13(17)9-11(3)4/h10-12H,8-9H2,1-7H3,(H,16,17)/t12-/m0/s1. The van der Waals surface area contributed by atoms with Crippen LogP contribution in [0.5, 0.6) is 0 Å². The van der Waals surface area contributed by atoms with Crippen molar-refractivity contribution in [1.29, 1.82) is 0 Å². The summed E-state index contributed by atoms with van der Waals surface area (Å²) in [5.41, 5.74) is -0.533. The van der Waals surface area contributed by atoms with E-state index >= 15 is 0 Å². The van der Waals surface area contributed by atoms with Crippen LogP contribution < -0.4 is 5.32 Å². The lowest BCUT2D eigenvalue weighted by molar-refractivity contribution is -0.159. The predicted octanol–water partition coefficient (Wildman–Crippen LogP) is 2.91. The van der Waals surface area contributed by atoms with Crippen LogP contribution in [0.3, 0.4) is 0 Å². The number of nitrogens with one attached hydrogen (secondary N) is 1. The molecule has 0 spiro atoms. The average molecular weight is 271 g/mol. The van der Waals surface area contributed by atoms with Crippen molar-refractivity contribution in [1.82, 2.24) is 5.32 Å². The van der Waals surface area contributed by atoms with Gasteiger partial charge >= 0.3 is 5.97 Å². The molecular formula is C15H29NO3. The second-order valence-electron chi connectivity index (χ2n) is 6.88. The lowest BCUT2D eigenvalue weighted by atomic mass is 10.0. The van der Waals surface area contributed by atoms with E-state index in [9.17, 15) is 9.59 Å². The highest BCUT2D eigenvalue weighted by Crippen LogP contribution is 2.13. The summed E-state index contributed by atoms with van der Waals surface area (Å²) in [5, 5.41) is 2.79. The maximum atomic E-state index is 12.1. The minimum Gasteiger partial charge on any atom is -0.458 e. The summed E-state index contributed by atoms with van der Waals surface area (Å²) in [4.78, 5) is 23.9. The van der Waals surface area contributed by atoms with Crippen molar-refractivity contribution in [3.8, 4) is 0 Å². The maximum Gasteiger partial charge on any atom is 0.329 e. The van der Waals surface area contributed by atoms with Gasteiger partial charge in [0.1, 0.15) is 11.6 Å². The summed E-state index contributed by atoms with van der Waals surface area (Å²) in [6.45, 7) is 13.5. The Hall–Kier alpha value is -1.06. The van der Waals surface area contributed by atoms with Gasteiger partial charge in [-0.25, -0.2) is 4.79 Å². The number of ether oxygens (including phenoxy) is 1. The van der Waals surface area contributed by atoms with Gasteiger partial charge < -0.3 is 10.1 Å². The highest BCUT2D eigenvalue weighted by molar-refractivity contribution is 5.84. The summed E-state index contributed by atoms with van der Waals surface area (Å²) in [7, 11) is 0. The van der Waals surface area contributed by atoms with Gasteiger partial charge in [0.05, 0.1) is 0 Å². The third kappa shape index (κ3) is 9.51. The fourth-order valence-corrected chi connectivity index (χ4v) is 1.68. The van der Waals surface area contributed by atoms with Crippen LogP contribution in [0, 0.1) is 11.8 Å². The van der Waals surface area contributed by atoms with Crippen LogP contribution >= 0.6 is 0 Å². The number of esters is 1. The van der Waals surface area contributed by atoms with Gasteiger partial charge in [-0.05, 0) is 39.0 Å². The molecule has 0 saturated heterocycles. The highest BCUT2D eigenvalue weighted by Gasteiger charge is 2.27. The number of hydrogen-bond donors (Lipinski definition) is 1. The van der Waals surface area contributed by atoms with Crippen molar-refractivity contribution in [2.75, 3.05) is 0 Å². The van der Waals surface area contributed by atoms with Crippen molar-refractivity contribution in [3.05, 3.63) is 0 Å². The first kappa shape index (κ1) is 17.9. The van der Waals surface area contributed by atoms with Crippen LogP contribution in [0.2, 0.25) is 0 Å². The zero-order valence-corrected chi connectivity index (χ0v) is 13.4. The van der Waals surface area contributed by atoms with E-state index in [1.807, 2.05) is 48.5 Å². The molecule has 1 N–H and O–H groups in total. The Morgan fingerprint density at radius 3 is 1.95 bits per heavy atom. The Morgan fingerprint density at radius 2 is 1.58 bits per heavy atom. The number of carbonyl (C=O) groups is 2. The maximum absolute atomic E-state index is 12.1. The van der Waals surface area contributed by atoms with Crippen molar-refractivity contribution >= 4 is 11.9 Å². The van der Waals surface area contributed by atoms with Gasteiger partial charge in [-0.15, -0.1) is 0 Å².